The second-order valence-electron chi connectivity index (χ2n) is 2.68. The summed E-state index contributed by atoms with van der Waals surface area (Å²) in [6.45, 7) is 1.84. The number of carbonyl (C=O) groups excluding carboxylic acids is 1. The average molecular weight is 200 g/mol. The zero-order valence-electron chi connectivity index (χ0n) is 7.17. The summed E-state index contributed by atoms with van der Waals surface area (Å²) in [6.07, 6.45) is 0. The third-order valence-electron chi connectivity index (χ3n) is 1.62. The molecule has 0 fully saturated rings. The van der Waals surface area contributed by atoms with Crippen LogP contribution in [0.25, 0.3) is 0 Å². The van der Waals surface area contributed by atoms with Crippen LogP contribution in [0.5, 0.6) is 5.75 Å². The van der Waals surface area contributed by atoms with E-state index >= 15 is 0 Å². The Balaban J connectivity index is 2.87. The van der Waals surface area contributed by atoms with Crippen LogP contribution in [-0.4, -0.2) is 16.9 Å². The molecular formula is C9H10ClNO2. The first-order valence-electron chi connectivity index (χ1n) is 3.79. The Hall–Kier alpha value is -1.22. The number of rotatable bonds is 2. The highest BCUT2D eigenvalue weighted by Crippen LogP contribution is 2.20. The number of benzene rings is 1. The van der Waals surface area contributed by atoms with E-state index in [-0.39, 0.29) is 17.5 Å². The SMILES string of the molecule is Cc1ccc(O)cc1NC(=O)CCl. The topological polar surface area (TPSA) is 49.3 Å². The van der Waals surface area contributed by atoms with Gasteiger partial charge in [-0.3, -0.25) is 4.79 Å². The van der Waals surface area contributed by atoms with Crippen molar-refractivity contribution in [3.05, 3.63) is 23.8 Å². The van der Waals surface area contributed by atoms with Gasteiger partial charge in [0.25, 0.3) is 0 Å². The molecule has 0 heterocycles. The lowest BCUT2D eigenvalue weighted by Gasteiger charge is -2.06. The van der Waals surface area contributed by atoms with Gasteiger partial charge in [0.05, 0.1) is 0 Å². The molecule has 0 bridgehead atoms. The molecule has 0 radical (unpaired) electrons. The number of aryl methyl sites for hydroxylation is 1. The van der Waals surface area contributed by atoms with Gasteiger partial charge in [0.15, 0.2) is 0 Å². The molecule has 13 heavy (non-hydrogen) atoms. The average Bonchev–Trinajstić information content (AvgIpc) is 2.11. The molecule has 1 aromatic carbocycles. The van der Waals surface area contributed by atoms with Crippen LogP contribution in [0.2, 0.25) is 0 Å². The summed E-state index contributed by atoms with van der Waals surface area (Å²) in [5.41, 5.74) is 1.47. The molecule has 1 amide bonds. The molecule has 0 aliphatic heterocycles. The van der Waals surface area contributed by atoms with E-state index in [0.29, 0.717) is 5.69 Å². The molecule has 0 aliphatic rings. The van der Waals surface area contributed by atoms with Gasteiger partial charge in [0.1, 0.15) is 11.6 Å². The number of anilines is 1. The van der Waals surface area contributed by atoms with E-state index in [1.54, 1.807) is 12.1 Å². The zero-order chi connectivity index (χ0) is 9.84. The largest absolute Gasteiger partial charge is 0.508 e. The third kappa shape index (κ3) is 2.63. The maximum atomic E-state index is 10.9. The number of amides is 1. The Labute approximate surface area is 81.3 Å². The molecule has 0 unspecified atom stereocenters. The maximum absolute atomic E-state index is 10.9. The quantitative estimate of drug-likeness (QED) is 0.715. The Morgan fingerprint density at radius 3 is 2.92 bits per heavy atom. The van der Waals surface area contributed by atoms with Gasteiger partial charge in [-0.25, -0.2) is 0 Å². The normalized spacial score (nSPS) is 9.69. The van der Waals surface area contributed by atoms with Crippen molar-refractivity contribution in [1.82, 2.24) is 0 Å². The number of nitrogens with one attached hydrogen (secondary N) is 1. The van der Waals surface area contributed by atoms with Crippen LogP contribution >= 0.6 is 11.6 Å². The van der Waals surface area contributed by atoms with Crippen LogP contribution in [0.3, 0.4) is 0 Å². The van der Waals surface area contributed by atoms with Crippen molar-refractivity contribution < 1.29 is 9.90 Å². The van der Waals surface area contributed by atoms with E-state index in [1.807, 2.05) is 6.92 Å². The number of phenols is 1. The molecule has 0 atom stereocenters. The summed E-state index contributed by atoms with van der Waals surface area (Å²) in [7, 11) is 0. The fraction of sp³-hybridized carbons (Fsp3) is 0.222. The number of phenolic OH excluding ortho intramolecular Hbond substituents is 1. The van der Waals surface area contributed by atoms with Crippen molar-refractivity contribution >= 4 is 23.2 Å². The standard InChI is InChI=1S/C9H10ClNO2/c1-6-2-3-7(12)4-8(6)11-9(13)5-10/h2-4,12H,5H2,1H3,(H,11,13). The maximum Gasteiger partial charge on any atom is 0.239 e. The first-order valence-corrected chi connectivity index (χ1v) is 4.32. The summed E-state index contributed by atoms with van der Waals surface area (Å²) >= 11 is 5.32. The summed E-state index contributed by atoms with van der Waals surface area (Å²) in [5.74, 6) is -0.249. The predicted octanol–water partition coefficient (Wildman–Crippen LogP) is 1.88. The highest BCUT2D eigenvalue weighted by atomic mass is 35.5. The summed E-state index contributed by atoms with van der Waals surface area (Å²) in [6, 6.07) is 4.77. The second-order valence-corrected chi connectivity index (χ2v) is 2.95. The van der Waals surface area contributed by atoms with Gasteiger partial charge in [-0.2, -0.15) is 0 Å². The number of hydrogen-bond donors (Lipinski definition) is 2. The fourth-order valence-corrected chi connectivity index (χ4v) is 0.995. The van der Waals surface area contributed by atoms with Crippen LogP contribution < -0.4 is 5.32 Å². The molecule has 70 valence electrons. The Bertz CT molecular complexity index is 325. The van der Waals surface area contributed by atoms with Gasteiger partial charge in [0.2, 0.25) is 5.91 Å². The van der Waals surface area contributed by atoms with Gasteiger partial charge < -0.3 is 10.4 Å². The van der Waals surface area contributed by atoms with E-state index in [9.17, 15) is 4.79 Å². The summed E-state index contributed by atoms with van der Waals surface area (Å²) < 4.78 is 0. The monoisotopic (exact) mass is 199 g/mol. The van der Waals surface area contributed by atoms with Crippen LogP contribution in [0.4, 0.5) is 5.69 Å². The molecule has 0 spiro atoms. The number of carbonyl (C=O) groups is 1. The van der Waals surface area contributed by atoms with E-state index in [4.69, 9.17) is 16.7 Å². The highest BCUT2D eigenvalue weighted by molar-refractivity contribution is 6.29. The molecule has 0 saturated carbocycles. The number of aromatic hydroxyl groups is 1. The number of halogens is 1. The van der Waals surface area contributed by atoms with Gasteiger partial charge in [0, 0.05) is 11.8 Å². The van der Waals surface area contributed by atoms with Gasteiger partial charge in [-0.05, 0) is 18.6 Å². The van der Waals surface area contributed by atoms with E-state index in [0.717, 1.165) is 5.56 Å². The Kier molecular flexibility index (Phi) is 3.14. The minimum absolute atomic E-state index is 0.0882. The van der Waals surface area contributed by atoms with Crippen molar-refractivity contribution in [2.24, 2.45) is 0 Å². The minimum atomic E-state index is -0.282. The van der Waals surface area contributed by atoms with Crippen molar-refractivity contribution in [1.29, 1.82) is 0 Å². The second kappa shape index (κ2) is 4.14. The van der Waals surface area contributed by atoms with Crippen LogP contribution in [-0.2, 0) is 4.79 Å². The Morgan fingerprint density at radius 2 is 2.31 bits per heavy atom. The molecule has 1 rings (SSSR count). The number of hydrogen-bond acceptors (Lipinski definition) is 2. The smallest absolute Gasteiger partial charge is 0.239 e. The molecule has 4 heteroatoms. The van der Waals surface area contributed by atoms with Crippen molar-refractivity contribution in [3.8, 4) is 5.75 Å². The van der Waals surface area contributed by atoms with Crippen LogP contribution in [0.1, 0.15) is 5.56 Å². The molecule has 3 nitrogen and oxygen atoms in total. The fourth-order valence-electron chi connectivity index (χ4n) is 0.928. The number of alkyl halides is 1. The van der Waals surface area contributed by atoms with Gasteiger partial charge in [-0.1, -0.05) is 6.07 Å². The molecule has 1 aromatic rings. The minimum Gasteiger partial charge on any atom is -0.508 e. The van der Waals surface area contributed by atoms with E-state index in [2.05, 4.69) is 5.32 Å². The molecule has 2 N–H and O–H groups in total. The Morgan fingerprint density at radius 1 is 1.62 bits per heavy atom. The molecule has 0 saturated heterocycles. The highest BCUT2D eigenvalue weighted by Gasteiger charge is 2.03. The zero-order valence-corrected chi connectivity index (χ0v) is 7.93. The lowest BCUT2D eigenvalue weighted by molar-refractivity contribution is -0.113. The first-order chi connectivity index (χ1) is 6.13. The summed E-state index contributed by atoms with van der Waals surface area (Å²) in [5, 5.41) is 11.7. The third-order valence-corrected chi connectivity index (χ3v) is 1.86. The lowest BCUT2D eigenvalue weighted by atomic mass is 10.2. The van der Waals surface area contributed by atoms with E-state index < -0.39 is 0 Å². The van der Waals surface area contributed by atoms with Crippen LogP contribution in [0, 0.1) is 6.92 Å². The van der Waals surface area contributed by atoms with Crippen LogP contribution in [0.15, 0.2) is 18.2 Å². The van der Waals surface area contributed by atoms with E-state index in [1.165, 1.54) is 6.07 Å². The van der Waals surface area contributed by atoms with Crippen molar-refractivity contribution in [3.63, 3.8) is 0 Å². The summed E-state index contributed by atoms with van der Waals surface area (Å²) in [4.78, 5) is 10.9. The van der Waals surface area contributed by atoms with Gasteiger partial charge >= 0.3 is 0 Å². The molecule has 0 aliphatic carbocycles. The molecule has 0 aromatic heterocycles. The van der Waals surface area contributed by atoms with Crippen molar-refractivity contribution in [2.75, 3.05) is 11.2 Å². The van der Waals surface area contributed by atoms with Gasteiger partial charge in [-0.15, -0.1) is 11.6 Å². The molecular weight excluding hydrogens is 190 g/mol. The van der Waals surface area contributed by atoms with Crippen molar-refractivity contribution in [2.45, 2.75) is 6.92 Å². The predicted molar refractivity (Wildman–Crippen MR) is 52.2 cm³/mol. The lowest BCUT2D eigenvalue weighted by Crippen LogP contribution is -2.13. The first kappa shape index (κ1) is 9.86.